The van der Waals surface area contributed by atoms with Gasteiger partial charge in [-0.2, -0.15) is 0 Å². The highest BCUT2D eigenvalue weighted by Crippen LogP contribution is 2.13. The van der Waals surface area contributed by atoms with Gasteiger partial charge in [0.05, 0.1) is 19.6 Å². The average Bonchev–Trinajstić information content (AvgIpc) is 2.65. The molecule has 1 saturated heterocycles. The maximum Gasteiger partial charge on any atom is 0.225 e. The number of rotatable bonds is 6. The number of carbonyl (C=O) groups is 1. The molecule has 0 spiro atoms. The van der Waals surface area contributed by atoms with Crippen LogP contribution in [0.1, 0.15) is 17.2 Å². The van der Waals surface area contributed by atoms with Gasteiger partial charge in [0, 0.05) is 4.47 Å². The molecule has 0 aliphatic carbocycles. The van der Waals surface area contributed by atoms with Crippen LogP contribution in [0.2, 0.25) is 0 Å². The van der Waals surface area contributed by atoms with E-state index >= 15 is 0 Å². The fraction of sp³-hybridized carbons (Fsp3) is 0.350. The summed E-state index contributed by atoms with van der Waals surface area (Å²) in [7, 11) is 0. The smallest absolute Gasteiger partial charge is 0.225 e. The largest absolute Gasteiger partial charge is 0.370 e. The molecule has 25 heavy (non-hydrogen) atoms. The van der Waals surface area contributed by atoms with Gasteiger partial charge in [0.25, 0.3) is 0 Å². The fourth-order valence-corrected chi connectivity index (χ4v) is 3.39. The molecule has 1 heterocycles. The van der Waals surface area contributed by atoms with Gasteiger partial charge in [-0.25, -0.2) is 0 Å². The summed E-state index contributed by atoms with van der Waals surface area (Å²) in [5, 5.41) is 3.23. The van der Waals surface area contributed by atoms with Gasteiger partial charge in [0.15, 0.2) is 0 Å². The lowest BCUT2D eigenvalue weighted by Crippen LogP contribution is -3.14. The third kappa shape index (κ3) is 5.66. The first-order valence-corrected chi connectivity index (χ1v) is 9.50. The third-order valence-electron chi connectivity index (χ3n) is 4.51. The highest BCUT2D eigenvalue weighted by Gasteiger charge is 2.22. The van der Waals surface area contributed by atoms with Crippen molar-refractivity contribution >= 4 is 21.8 Å². The number of carbonyl (C=O) groups excluding carboxylic acids is 1. The van der Waals surface area contributed by atoms with Gasteiger partial charge >= 0.3 is 0 Å². The second kappa shape index (κ2) is 9.13. The first-order chi connectivity index (χ1) is 12.2. The van der Waals surface area contributed by atoms with E-state index in [2.05, 4.69) is 33.4 Å². The highest BCUT2D eigenvalue weighted by atomic mass is 79.9. The van der Waals surface area contributed by atoms with Crippen molar-refractivity contribution in [2.24, 2.45) is 0 Å². The monoisotopic (exact) mass is 403 g/mol. The Morgan fingerprint density at radius 3 is 2.44 bits per heavy atom. The minimum absolute atomic E-state index is 0.0252. The summed E-state index contributed by atoms with van der Waals surface area (Å²) in [6.07, 6.45) is 0.398. The minimum atomic E-state index is 0.0252. The molecule has 1 aliphatic heterocycles. The molecule has 132 valence electrons. The predicted molar refractivity (Wildman–Crippen MR) is 102 cm³/mol. The fourth-order valence-electron chi connectivity index (χ4n) is 3.12. The maximum atomic E-state index is 12.6. The quantitative estimate of drug-likeness (QED) is 0.771. The first kappa shape index (κ1) is 18.1. The van der Waals surface area contributed by atoms with Crippen molar-refractivity contribution in [1.29, 1.82) is 0 Å². The third-order valence-corrected chi connectivity index (χ3v) is 5.04. The van der Waals surface area contributed by atoms with Crippen LogP contribution in [0.5, 0.6) is 0 Å². The molecule has 5 heteroatoms. The van der Waals surface area contributed by atoms with Crippen LogP contribution >= 0.6 is 15.9 Å². The molecule has 1 aliphatic rings. The first-order valence-electron chi connectivity index (χ1n) is 8.71. The number of ether oxygens (including phenoxy) is 1. The Labute approximate surface area is 157 Å². The average molecular weight is 404 g/mol. The number of nitrogens with one attached hydrogen (secondary N) is 2. The van der Waals surface area contributed by atoms with Gasteiger partial charge in [0.2, 0.25) is 5.91 Å². The van der Waals surface area contributed by atoms with E-state index in [1.54, 1.807) is 0 Å². The molecule has 0 saturated carbocycles. The lowest BCUT2D eigenvalue weighted by Gasteiger charge is -2.28. The van der Waals surface area contributed by atoms with Crippen LogP contribution < -0.4 is 10.2 Å². The molecule has 1 atom stereocenters. The van der Waals surface area contributed by atoms with Gasteiger partial charge in [-0.15, -0.1) is 0 Å². The van der Waals surface area contributed by atoms with Crippen LogP contribution in [0.3, 0.4) is 0 Å². The number of hydrogen-bond acceptors (Lipinski definition) is 2. The number of morpholine rings is 1. The summed E-state index contributed by atoms with van der Waals surface area (Å²) in [5.41, 5.74) is 2.18. The molecule has 3 rings (SSSR count). The van der Waals surface area contributed by atoms with E-state index in [4.69, 9.17) is 4.74 Å². The molecule has 1 amide bonds. The van der Waals surface area contributed by atoms with E-state index in [-0.39, 0.29) is 11.9 Å². The lowest BCUT2D eigenvalue weighted by molar-refractivity contribution is -0.909. The van der Waals surface area contributed by atoms with Gasteiger partial charge < -0.3 is 15.0 Å². The van der Waals surface area contributed by atoms with Gasteiger partial charge in [-0.3, -0.25) is 4.79 Å². The number of amides is 1. The van der Waals surface area contributed by atoms with E-state index in [1.807, 2.05) is 42.5 Å². The zero-order valence-electron chi connectivity index (χ0n) is 14.2. The number of benzene rings is 2. The van der Waals surface area contributed by atoms with Gasteiger partial charge in [0.1, 0.15) is 25.7 Å². The molecule has 0 radical (unpaired) electrons. The summed E-state index contributed by atoms with van der Waals surface area (Å²) in [5.74, 6) is 0.0591. The Morgan fingerprint density at radius 1 is 1.08 bits per heavy atom. The van der Waals surface area contributed by atoms with Crippen LogP contribution in [-0.4, -0.2) is 38.8 Å². The summed E-state index contributed by atoms with van der Waals surface area (Å²) in [6, 6.07) is 18.2. The SMILES string of the molecule is O=C(Cc1ccc(Br)cc1)N[C@@H](C[NH+]1CCOCC1)c1ccccc1. The van der Waals surface area contributed by atoms with Crippen molar-refractivity contribution in [2.45, 2.75) is 12.5 Å². The lowest BCUT2D eigenvalue weighted by atomic mass is 10.1. The minimum Gasteiger partial charge on any atom is -0.370 e. The molecule has 2 aromatic rings. The van der Waals surface area contributed by atoms with Crippen molar-refractivity contribution < 1.29 is 14.4 Å². The zero-order chi connectivity index (χ0) is 17.5. The van der Waals surface area contributed by atoms with Crippen molar-refractivity contribution in [3.05, 3.63) is 70.2 Å². The van der Waals surface area contributed by atoms with Crippen LogP contribution in [0.15, 0.2) is 59.1 Å². The Morgan fingerprint density at radius 2 is 1.76 bits per heavy atom. The Hall–Kier alpha value is -1.69. The van der Waals surface area contributed by atoms with E-state index in [9.17, 15) is 4.79 Å². The van der Waals surface area contributed by atoms with Crippen LogP contribution in [-0.2, 0) is 16.0 Å². The highest BCUT2D eigenvalue weighted by molar-refractivity contribution is 9.10. The predicted octanol–water partition coefficient (Wildman–Crippen LogP) is 1.76. The van der Waals surface area contributed by atoms with E-state index in [1.165, 1.54) is 4.90 Å². The Bertz CT molecular complexity index is 670. The molecule has 1 fully saturated rings. The van der Waals surface area contributed by atoms with Crippen molar-refractivity contribution in [1.82, 2.24) is 5.32 Å². The zero-order valence-corrected chi connectivity index (χ0v) is 15.8. The molecule has 0 bridgehead atoms. The molecule has 4 nitrogen and oxygen atoms in total. The summed E-state index contributed by atoms with van der Waals surface area (Å²) in [6.45, 7) is 4.46. The number of hydrogen-bond donors (Lipinski definition) is 2. The topological polar surface area (TPSA) is 42.8 Å². The van der Waals surface area contributed by atoms with Crippen molar-refractivity contribution in [2.75, 3.05) is 32.8 Å². The molecule has 2 aromatic carbocycles. The Kier molecular flexibility index (Phi) is 6.62. The van der Waals surface area contributed by atoms with Gasteiger partial charge in [-0.05, 0) is 23.3 Å². The maximum absolute atomic E-state index is 12.6. The summed E-state index contributed by atoms with van der Waals surface area (Å²) >= 11 is 3.42. The number of halogens is 1. The van der Waals surface area contributed by atoms with Gasteiger partial charge in [-0.1, -0.05) is 58.4 Å². The summed E-state index contributed by atoms with van der Waals surface area (Å²) < 4.78 is 6.47. The van der Waals surface area contributed by atoms with Crippen molar-refractivity contribution in [3.8, 4) is 0 Å². The second-order valence-electron chi connectivity index (χ2n) is 6.40. The van der Waals surface area contributed by atoms with Crippen LogP contribution in [0.4, 0.5) is 0 Å². The molecular weight excluding hydrogens is 380 g/mol. The number of quaternary nitrogens is 1. The Balaban J connectivity index is 1.65. The normalized spacial score (nSPS) is 16.4. The second-order valence-corrected chi connectivity index (χ2v) is 7.32. The van der Waals surface area contributed by atoms with E-state index < -0.39 is 0 Å². The molecule has 2 N–H and O–H groups in total. The van der Waals surface area contributed by atoms with E-state index in [0.29, 0.717) is 6.42 Å². The van der Waals surface area contributed by atoms with E-state index in [0.717, 1.165) is 48.4 Å². The molecule has 0 aromatic heterocycles. The molecule has 0 unspecified atom stereocenters. The van der Waals surface area contributed by atoms with Crippen molar-refractivity contribution in [3.63, 3.8) is 0 Å². The summed E-state index contributed by atoms with van der Waals surface area (Å²) in [4.78, 5) is 14.0. The van der Waals surface area contributed by atoms with Crippen LogP contribution in [0, 0.1) is 0 Å². The van der Waals surface area contributed by atoms with Crippen LogP contribution in [0.25, 0.3) is 0 Å². The standard InChI is InChI=1S/C20H23BrN2O2/c21-18-8-6-16(7-9-18)14-20(24)22-19(17-4-2-1-3-5-17)15-23-10-12-25-13-11-23/h1-9,19H,10-15H2,(H,22,24)/p+1/t19-/m0/s1. The molecular formula is C20H24BrN2O2+.